The zero-order valence-corrected chi connectivity index (χ0v) is 14.2. The van der Waals surface area contributed by atoms with Crippen LogP contribution >= 0.6 is 11.3 Å². The molecule has 0 aliphatic carbocycles. The van der Waals surface area contributed by atoms with Crippen LogP contribution in [-0.2, 0) is 12.8 Å². The van der Waals surface area contributed by atoms with E-state index in [0.717, 1.165) is 19.5 Å². The molecule has 0 aliphatic heterocycles. The minimum atomic E-state index is 0.670. The molecule has 1 aromatic heterocycles. The van der Waals surface area contributed by atoms with Gasteiger partial charge >= 0.3 is 0 Å². The minimum Gasteiger partial charge on any atom is -0.316 e. The first-order valence-corrected chi connectivity index (χ1v) is 8.80. The third-order valence-electron chi connectivity index (χ3n) is 3.83. The van der Waals surface area contributed by atoms with Gasteiger partial charge in [-0.2, -0.15) is 0 Å². The maximum absolute atomic E-state index is 3.64. The molecule has 2 heteroatoms. The second-order valence-electron chi connectivity index (χ2n) is 6.33. The van der Waals surface area contributed by atoms with Gasteiger partial charge in [-0.1, -0.05) is 44.2 Å². The first-order valence-electron chi connectivity index (χ1n) is 7.92. The van der Waals surface area contributed by atoms with Gasteiger partial charge < -0.3 is 5.32 Å². The fraction of sp³-hybridized carbons (Fsp3) is 0.474. The summed E-state index contributed by atoms with van der Waals surface area (Å²) in [6.45, 7) is 8.96. The Morgan fingerprint density at radius 1 is 1.00 bits per heavy atom. The Bertz CT molecular complexity index is 516. The molecule has 1 nitrogen and oxygen atoms in total. The van der Waals surface area contributed by atoms with E-state index >= 15 is 0 Å². The minimum absolute atomic E-state index is 0.670. The normalized spacial score (nSPS) is 12.8. The smallest absolute Gasteiger partial charge is 0.00485 e. The van der Waals surface area contributed by atoms with E-state index in [-0.39, 0.29) is 0 Å². The number of hydrogen-bond donors (Lipinski definition) is 1. The molecule has 2 rings (SSSR count). The molecule has 2 aromatic rings. The zero-order chi connectivity index (χ0) is 15.1. The first-order chi connectivity index (χ1) is 10.1. The molecule has 0 saturated carbocycles. The van der Waals surface area contributed by atoms with Crippen LogP contribution in [0.4, 0.5) is 0 Å². The molecule has 0 fully saturated rings. The van der Waals surface area contributed by atoms with Gasteiger partial charge in [0.15, 0.2) is 0 Å². The number of benzene rings is 1. The number of hydrogen-bond acceptors (Lipinski definition) is 2. The van der Waals surface area contributed by atoms with Crippen LogP contribution < -0.4 is 5.32 Å². The molecule has 0 amide bonds. The molecule has 1 heterocycles. The lowest BCUT2D eigenvalue weighted by Crippen LogP contribution is -2.28. The van der Waals surface area contributed by atoms with Crippen LogP contribution in [-0.4, -0.2) is 13.1 Å². The second-order valence-corrected chi connectivity index (χ2v) is 7.36. The van der Waals surface area contributed by atoms with Gasteiger partial charge in [0.1, 0.15) is 0 Å². The summed E-state index contributed by atoms with van der Waals surface area (Å²) >= 11 is 1.88. The molecule has 21 heavy (non-hydrogen) atoms. The Hall–Kier alpha value is -1.12. The maximum atomic E-state index is 3.64. The van der Waals surface area contributed by atoms with Crippen molar-refractivity contribution in [1.29, 1.82) is 0 Å². The molecule has 0 spiro atoms. The summed E-state index contributed by atoms with van der Waals surface area (Å²) in [5, 5.41) is 5.82. The lowest BCUT2D eigenvalue weighted by atomic mass is 9.93. The molecule has 0 aliphatic rings. The fourth-order valence-corrected chi connectivity index (χ4v) is 3.48. The Balaban J connectivity index is 1.98. The predicted molar refractivity (Wildman–Crippen MR) is 94.1 cm³/mol. The van der Waals surface area contributed by atoms with E-state index < -0.39 is 0 Å². The highest BCUT2D eigenvalue weighted by atomic mass is 32.1. The summed E-state index contributed by atoms with van der Waals surface area (Å²) in [4.78, 5) is 1.50. The molecule has 1 aromatic carbocycles. The molecule has 114 valence electrons. The van der Waals surface area contributed by atoms with E-state index in [1.165, 1.54) is 22.4 Å². The highest BCUT2D eigenvalue weighted by Gasteiger charge is 2.13. The third kappa shape index (κ3) is 5.64. The van der Waals surface area contributed by atoms with E-state index in [0.29, 0.717) is 11.8 Å². The van der Waals surface area contributed by atoms with Gasteiger partial charge in [0, 0.05) is 4.88 Å². The second kappa shape index (κ2) is 8.35. The van der Waals surface area contributed by atoms with Crippen molar-refractivity contribution in [3.63, 3.8) is 0 Å². The van der Waals surface area contributed by atoms with Crippen molar-refractivity contribution in [2.24, 2.45) is 11.8 Å². The summed E-state index contributed by atoms with van der Waals surface area (Å²) < 4.78 is 0. The maximum Gasteiger partial charge on any atom is 0.00485 e. The van der Waals surface area contributed by atoms with Crippen LogP contribution in [0.2, 0.25) is 0 Å². The third-order valence-corrected chi connectivity index (χ3v) is 4.72. The Morgan fingerprint density at radius 3 is 2.48 bits per heavy atom. The molecule has 0 saturated heterocycles. The molecule has 1 N–H and O–H groups in total. The number of rotatable bonds is 8. The standard InChI is InChI=1S/C19H27NS/c1-15(2)13-20-14-17(12-19-9-6-10-21-19)11-18-8-5-4-7-16(18)3/h4-10,15,17,20H,11-14H2,1-3H3. The van der Waals surface area contributed by atoms with E-state index in [4.69, 9.17) is 0 Å². The number of thiophene rings is 1. The predicted octanol–water partition coefficient (Wildman–Crippen LogP) is 4.70. The van der Waals surface area contributed by atoms with E-state index in [9.17, 15) is 0 Å². The van der Waals surface area contributed by atoms with E-state index in [1.54, 1.807) is 0 Å². The first kappa shape index (κ1) is 16.3. The van der Waals surface area contributed by atoms with Crippen molar-refractivity contribution >= 4 is 11.3 Å². The van der Waals surface area contributed by atoms with Gasteiger partial charge in [-0.05, 0) is 67.3 Å². The van der Waals surface area contributed by atoms with Crippen LogP contribution in [0.15, 0.2) is 41.8 Å². The Labute approximate surface area is 133 Å². The van der Waals surface area contributed by atoms with Crippen molar-refractivity contribution in [3.05, 3.63) is 57.8 Å². The quantitative estimate of drug-likeness (QED) is 0.745. The van der Waals surface area contributed by atoms with Crippen LogP contribution in [0.1, 0.15) is 29.9 Å². The van der Waals surface area contributed by atoms with Crippen LogP contribution in [0.25, 0.3) is 0 Å². The Morgan fingerprint density at radius 2 is 1.81 bits per heavy atom. The highest BCUT2D eigenvalue weighted by molar-refractivity contribution is 7.09. The monoisotopic (exact) mass is 301 g/mol. The molecule has 1 unspecified atom stereocenters. The average molecular weight is 301 g/mol. The van der Waals surface area contributed by atoms with Gasteiger partial charge in [-0.15, -0.1) is 11.3 Å². The van der Waals surface area contributed by atoms with Crippen molar-refractivity contribution in [2.75, 3.05) is 13.1 Å². The zero-order valence-electron chi connectivity index (χ0n) is 13.4. The SMILES string of the molecule is Cc1ccccc1CC(CNCC(C)C)Cc1cccs1. The summed E-state index contributed by atoms with van der Waals surface area (Å²) in [7, 11) is 0. The number of aryl methyl sites for hydroxylation is 1. The molecule has 0 radical (unpaired) electrons. The molecular formula is C19H27NS. The van der Waals surface area contributed by atoms with Gasteiger partial charge in [-0.3, -0.25) is 0 Å². The van der Waals surface area contributed by atoms with Gasteiger partial charge in [-0.25, -0.2) is 0 Å². The summed E-state index contributed by atoms with van der Waals surface area (Å²) in [5.41, 5.74) is 2.91. The van der Waals surface area contributed by atoms with Crippen molar-refractivity contribution < 1.29 is 0 Å². The van der Waals surface area contributed by atoms with Crippen LogP contribution in [0.3, 0.4) is 0 Å². The van der Waals surface area contributed by atoms with Gasteiger partial charge in [0.05, 0.1) is 0 Å². The number of nitrogens with one attached hydrogen (secondary N) is 1. The summed E-state index contributed by atoms with van der Waals surface area (Å²) in [6.07, 6.45) is 2.34. The summed E-state index contributed by atoms with van der Waals surface area (Å²) in [6, 6.07) is 13.2. The molecular weight excluding hydrogens is 274 g/mol. The topological polar surface area (TPSA) is 12.0 Å². The lowest BCUT2D eigenvalue weighted by Gasteiger charge is -2.19. The Kier molecular flexibility index (Phi) is 6.47. The van der Waals surface area contributed by atoms with Crippen molar-refractivity contribution in [1.82, 2.24) is 5.32 Å². The van der Waals surface area contributed by atoms with Crippen molar-refractivity contribution in [3.8, 4) is 0 Å². The fourth-order valence-electron chi connectivity index (χ4n) is 2.66. The lowest BCUT2D eigenvalue weighted by molar-refractivity contribution is 0.447. The molecule has 0 bridgehead atoms. The average Bonchev–Trinajstić information content (AvgIpc) is 2.93. The van der Waals surface area contributed by atoms with Gasteiger partial charge in [0.2, 0.25) is 0 Å². The highest BCUT2D eigenvalue weighted by Crippen LogP contribution is 2.19. The van der Waals surface area contributed by atoms with Gasteiger partial charge in [0.25, 0.3) is 0 Å². The summed E-state index contributed by atoms with van der Waals surface area (Å²) in [5.74, 6) is 1.38. The van der Waals surface area contributed by atoms with Crippen molar-refractivity contribution in [2.45, 2.75) is 33.6 Å². The largest absolute Gasteiger partial charge is 0.316 e. The van der Waals surface area contributed by atoms with E-state index in [2.05, 4.69) is 67.9 Å². The van der Waals surface area contributed by atoms with Crippen LogP contribution in [0, 0.1) is 18.8 Å². The van der Waals surface area contributed by atoms with Crippen LogP contribution in [0.5, 0.6) is 0 Å². The molecule has 1 atom stereocenters. The van der Waals surface area contributed by atoms with E-state index in [1.807, 2.05) is 11.3 Å².